The molecule has 0 radical (unpaired) electrons. The Morgan fingerprint density at radius 2 is 2.29 bits per heavy atom. The number of nitrogens with zero attached hydrogens (tertiary/aromatic N) is 3. The van der Waals surface area contributed by atoms with E-state index >= 15 is 0 Å². The first kappa shape index (κ1) is 7.79. The highest BCUT2D eigenvalue weighted by molar-refractivity contribution is 5.47. The minimum atomic E-state index is 0.283. The molecule has 3 rings (SSSR count). The van der Waals surface area contributed by atoms with Crippen molar-refractivity contribution < 1.29 is 0 Å². The minimum Gasteiger partial charge on any atom is -0.365 e. The van der Waals surface area contributed by atoms with Crippen LogP contribution in [0.2, 0.25) is 0 Å². The average Bonchev–Trinajstić information content (AvgIpc) is 2.73. The predicted molar refractivity (Wildman–Crippen MR) is 54.2 cm³/mol. The number of fused-ring (bicyclic) bond motifs is 1. The van der Waals surface area contributed by atoms with Gasteiger partial charge in [0.15, 0.2) is 5.65 Å². The Morgan fingerprint density at radius 3 is 3.07 bits per heavy atom. The molecule has 4 heteroatoms. The van der Waals surface area contributed by atoms with Gasteiger partial charge in [-0.05, 0) is 25.8 Å². The van der Waals surface area contributed by atoms with Gasteiger partial charge in [-0.15, -0.1) is 0 Å². The molecule has 2 aromatic rings. The maximum absolute atomic E-state index is 4.45. The van der Waals surface area contributed by atoms with Crippen LogP contribution in [0.4, 0.5) is 5.82 Å². The van der Waals surface area contributed by atoms with Crippen LogP contribution in [-0.2, 0) is 0 Å². The van der Waals surface area contributed by atoms with Crippen molar-refractivity contribution in [2.24, 2.45) is 0 Å². The topological polar surface area (TPSA) is 42.2 Å². The van der Waals surface area contributed by atoms with Gasteiger partial charge in [-0.2, -0.15) is 5.10 Å². The smallest absolute Gasteiger partial charge is 0.157 e. The molecule has 0 bridgehead atoms. The van der Waals surface area contributed by atoms with Gasteiger partial charge < -0.3 is 5.32 Å². The lowest BCUT2D eigenvalue weighted by molar-refractivity contribution is 0.818. The number of hydrogen-bond donors (Lipinski definition) is 1. The van der Waals surface area contributed by atoms with Gasteiger partial charge in [0.1, 0.15) is 5.82 Å². The first-order chi connectivity index (χ1) is 6.75. The van der Waals surface area contributed by atoms with Crippen molar-refractivity contribution in [2.75, 3.05) is 5.32 Å². The van der Waals surface area contributed by atoms with E-state index in [1.165, 1.54) is 12.8 Å². The number of nitrogens with one attached hydrogen (secondary N) is 1. The van der Waals surface area contributed by atoms with E-state index in [-0.39, 0.29) is 5.54 Å². The Bertz CT molecular complexity index is 470. The highest BCUT2D eigenvalue weighted by atomic mass is 15.2. The minimum absolute atomic E-state index is 0.283. The molecule has 1 N–H and O–H groups in total. The number of aromatic nitrogens is 3. The van der Waals surface area contributed by atoms with Crippen LogP contribution >= 0.6 is 0 Å². The molecule has 0 atom stereocenters. The molecule has 0 unspecified atom stereocenters. The first-order valence-corrected chi connectivity index (χ1v) is 4.84. The zero-order chi connectivity index (χ0) is 9.60. The van der Waals surface area contributed by atoms with E-state index in [0.29, 0.717) is 0 Å². The lowest BCUT2D eigenvalue weighted by Gasteiger charge is -2.11. The molecule has 0 aromatic carbocycles. The molecule has 1 fully saturated rings. The van der Waals surface area contributed by atoms with E-state index in [0.717, 1.165) is 11.5 Å². The van der Waals surface area contributed by atoms with E-state index in [1.807, 2.05) is 18.3 Å². The summed E-state index contributed by atoms with van der Waals surface area (Å²) in [5.74, 6) is 0.943. The zero-order valence-corrected chi connectivity index (χ0v) is 8.07. The highest BCUT2D eigenvalue weighted by Gasteiger charge is 2.37. The number of hydrogen-bond acceptors (Lipinski definition) is 3. The standard InChI is InChI=1S/C10H12N4/c1-10(4-5-10)13-8-3-7-14-9(12-8)2-6-11-14/h2-3,6-7H,4-5H2,1H3,(H,12,13). The van der Waals surface area contributed by atoms with Crippen molar-refractivity contribution >= 4 is 11.5 Å². The maximum atomic E-state index is 4.45. The summed E-state index contributed by atoms with van der Waals surface area (Å²) < 4.78 is 1.76. The Morgan fingerprint density at radius 1 is 1.43 bits per heavy atom. The van der Waals surface area contributed by atoms with Gasteiger partial charge in [-0.25, -0.2) is 9.50 Å². The highest BCUT2D eigenvalue weighted by Crippen LogP contribution is 2.37. The third kappa shape index (κ3) is 1.23. The fraction of sp³-hybridized carbons (Fsp3) is 0.400. The lowest BCUT2D eigenvalue weighted by Crippen LogP contribution is -2.17. The van der Waals surface area contributed by atoms with Gasteiger partial charge in [0, 0.05) is 17.8 Å². The summed E-state index contributed by atoms with van der Waals surface area (Å²) in [6.07, 6.45) is 6.15. The molecular weight excluding hydrogens is 176 g/mol. The van der Waals surface area contributed by atoms with Gasteiger partial charge >= 0.3 is 0 Å². The molecule has 0 saturated heterocycles. The van der Waals surface area contributed by atoms with Crippen molar-refractivity contribution in [3.8, 4) is 0 Å². The molecule has 72 valence electrons. The molecule has 1 aliphatic rings. The molecule has 0 amide bonds. The molecule has 4 nitrogen and oxygen atoms in total. The Balaban J connectivity index is 1.97. The van der Waals surface area contributed by atoms with Crippen molar-refractivity contribution in [3.63, 3.8) is 0 Å². The second kappa shape index (κ2) is 2.47. The van der Waals surface area contributed by atoms with Gasteiger partial charge in [0.2, 0.25) is 0 Å². The van der Waals surface area contributed by atoms with Gasteiger partial charge in [-0.1, -0.05) is 0 Å². The summed E-state index contributed by atoms with van der Waals surface area (Å²) in [5, 5.41) is 7.52. The fourth-order valence-electron chi connectivity index (χ4n) is 1.50. The molecule has 0 spiro atoms. The van der Waals surface area contributed by atoms with E-state index < -0.39 is 0 Å². The zero-order valence-electron chi connectivity index (χ0n) is 8.07. The van der Waals surface area contributed by atoms with Crippen molar-refractivity contribution in [3.05, 3.63) is 24.5 Å². The maximum Gasteiger partial charge on any atom is 0.157 e. The van der Waals surface area contributed by atoms with Crippen LogP contribution in [0.3, 0.4) is 0 Å². The van der Waals surface area contributed by atoms with E-state index in [4.69, 9.17) is 0 Å². The molecule has 0 aliphatic heterocycles. The Hall–Kier alpha value is -1.58. The largest absolute Gasteiger partial charge is 0.365 e. The van der Waals surface area contributed by atoms with Crippen molar-refractivity contribution in [1.82, 2.24) is 14.6 Å². The molecule has 14 heavy (non-hydrogen) atoms. The predicted octanol–water partition coefficient (Wildman–Crippen LogP) is 1.69. The summed E-state index contributed by atoms with van der Waals surface area (Å²) in [5.41, 5.74) is 1.17. The van der Waals surface area contributed by atoms with Crippen LogP contribution in [0.25, 0.3) is 5.65 Å². The van der Waals surface area contributed by atoms with E-state index in [9.17, 15) is 0 Å². The second-order valence-corrected chi connectivity index (χ2v) is 4.13. The van der Waals surface area contributed by atoms with Crippen LogP contribution in [0.15, 0.2) is 24.5 Å². The van der Waals surface area contributed by atoms with Crippen molar-refractivity contribution in [1.29, 1.82) is 0 Å². The molecule has 1 aliphatic carbocycles. The SMILES string of the molecule is CC1(Nc2ccn3nccc3n2)CC1. The van der Waals surface area contributed by atoms with Gasteiger partial charge in [-0.3, -0.25) is 0 Å². The van der Waals surface area contributed by atoms with Crippen LogP contribution in [0.1, 0.15) is 19.8 Å². The second-order valence-electron chi connectivity index (χ2n) is 4.13. The van der Waals surface area contributed by atoms with Gasteiger partial charge in [0.05, 0.1) is 6.20 Å². The molecule has 2 aromatic heterocycles. The number of rotatable bonds is 2. The summed E-state index contributed by atoms with van der Waals surface area (Å²) in [4.78, 5) is 4.45. The molecule has 2 heterocycles. The first-order valence-electron chi connectivity index (χ1n) is 4.84. The average molecular weight is 188 g/mol. The summed E-state index contributed by atoms with van der Waals surface area (Å²) in [6.45, 7) is 2.22. The number of anilines is 1. The quantitative estimate of drug-likeness (QED) is 0.779. The monoisotopic (exact) mass is 188 g/mol. The van der Waals surface area contributed by atoms with Gasteiger partial charge in [0.25, 0.3) is 0 Å². The third-order valence-corrected chi connectivity index (χ3v) is 2.69. The van der Waals surface area contributed by atoms with Crippen molar-refractivity contribution in [2.45, 2.75) is 25.3 Å². The van der Waals surface area contributed by atoms with Crippen LogP contribution in [0, 0.1) is 0 Å². The lowest BCUT2D eigenvalue weighted by atomic mass is 10.3. The molecular formula is C10H12N4. The fourth-order valence-corrected chi connectivity index (χ4v) is 1.50. The Labute approximate surface area is 82.0 Å². The molecule has 1 saturated carbocycles. The van der Waals surface area contributed by atoms with Crippen LogP contribution in [-0.4, -0.2) is 20.1 Å². The van der Waals surface area contributed by atoms with Crippen LogP contribution in [0.5, 0.6) is 0 Å². The van der Waals surface area contributed by atoms with E-state index in [2.05, 4.69) is 22.3 Å². The third-order valence-electron chi connectivity index (χ3n) is 2.69. The summed E-state index contributed by atoms with van der Waals surface area (Å²) in [7, 11) is 0. The van der Waals surface area contributed by atoms with Crippen LogP contribution < -0.4 is 5.32 Å². The summed E-state index contributed by atoms with van der Waals surface area (Å²) in [6, 6.07) is 3.87. The normalized spacial score (nSPS) is 18.4. The Kier molecular flexibility index (Phi) is 1.37. The summed E-state index contributed by atoms with van der Waals surface area (Å²) >= 11 is 0. The van der Waals surface area contributed by atoms with E-state index in [1.54, 1.807) is 10.7 Å².